The highest BCUT2D eigenvalue weighted by molar-refractivity contribution is 6.32. The number of amides is 4. The maximum Gasteiger partial charge on any atom is 0.260 e. The Labute approximate surface area is 799 Å². The molecule has 37 heteroatoms. The Kier molecular flexibility index (Phi) is 32.0. The van der Waals surface area contributed by atoms with Gasteiger partial charge in [-0.1, -0.05) is 70.0 Å². The van der Waals surface area contributed by atoms with Crippen LogP contribution in [0.25, 0.3) is 22.1 Å². The Morgan fingerprint density at radius 3 is 1.09 bits per heavy atom. The number of methoxy groups -OCH3 is 3. The molecule has 4 fully saturated rings. The molecule has 136 heavy (non-hydrogen) atoms. The number of hydrogen-bond donors (Lipinski definition) is 4. The topological polar surface area (TPSA) is 371 Å². The molecule has 728 valence electrons. The van der Waals surface area contributed by atoms with Crippen LogP contribution in [0.3, 0.4) is 0 Å². The van der Waals surface area contributed by atoms with E-state index in [0.29, 0.717) is 157 Å². The predicted molar refractivity (Wildman–Crippen MR) is 515 cm³/mol. The lowest BCUT2D eigenvalue weighted by Crippen LogP contribution is -2.41. The summed E-state index contributed by atoms with van der Waals surface area (Å²) < 4.78 is 109. The van der Waals surface area contributed by atoms with Crippen LogP contribution in [0, 0.1) is 56.9 Å². The molecule has 31 nitrogen and oxygen atoms in total. The van der Waals surface area contributed by atoms with Gasteiger partial charge in [0.25, 0.3) is 23.6 Å². The third kappa shape index (κ3) is 20.9. The summed E-state index contributed by atoms with van der Waals surface area (Å²) in [4.78, 5) is 96.5. The molecule has 4 saturated heterocycles. The zero-order valence-corrected chi connectivity index (χ0v) is 82.4. The maximum absolute atomic E-state index is 15.5. The first-order valence-corrected chi connectivity index (χ1v) is 46.9. The number of likely N-dealkylation sites (tertiary alicyclic amines) is 4. The van der Waals surface area contributed by atoms with Crippen LogP contribution in [0.2, 0.25) is 10.0 Å². The minimum atomic E-state index is -0.783. The van der Waals surface area contributed by atoms with Gasteiger partial charge in [0, 0.05) is 163 Å². The second-order valence-corrected chi connectivity index (χ2v) is 37.2. The molecule has 0 radical (unpaired) electrons. The van der Waals surface area contributed by atoms with Gasteiger partial charge in [0.2, 0.25) is 0 Å². The van der Waals surface area contributed by atoms with Crippen LogP contribution in [-0.2, 0) is 14.2 Å². The molecule has 0 bridgehead atoms. The number of piperidine rings is 2. The zero-order valence-electron chi connectivity index (χ0n) is 80.8. The number of carbonyl (C=O) groups is 4. The lowest BCUT2D eigenvalue weighted by molar-refractivity contribution is 0.0345. The Morgan fingerprint density at radius 1 is 0.412 bits per heavy atom. The molecule has 0 aliphatic carbocycles. The van der Waals surface area contributed by atoms with Crippen molar-refractivity contribution in [2.24, 2.45) is 5.92 Å². The summed E-state index contributed by atoms with van der Waals surface area (Å²) in [6, 6.07) is 8.98. The van der Waals surface area contributed by atoms with E-state index in [1.165, 1.54) is 24.3 Å². The number of benzene rings is 4. The normalized spacial score (nSPS) is 16.8. The lowest BCUT2D eigenvalue weighted by atomic mass is 9.94. The highest BCUT2D eigenvalue weighted by atomic mass is 35.5. The fourth-order valence-electron chi connectivity index (χ4n) is 18.7. The van der Waals surface area contributed by atoms with E-state index < -0.39 is 46.9 Å². The SMILES string of the molecule is COC1CCN(C(=O)c2c(F)c(Cl)cc(C(C)c3nc(C)c4c(N)nccn34)c2OC(C)C)CC1.COC1CCN(C(=O)c2c(F)ccc(C(C)c3nc(C)c4c(N)nccn34)c2OC(C)C)C1.COCC1CCCN1C(=O)c1c(F)ccc(C(C)c2nc(C)c3c(N)nccn23)c1OC(C)C.Cc1nc(C(C)c2cc(Cl)c(F)c(C(=O)N3CCCC(C)C3)c2OC(C)C)n2ccnc(N)c12. The van der Waals surface area contributed by atoms with Gasteiger partial charge in [-0.25, -0.2) is 57.4 Å². The maximum atomic E-state index is 15.5. The van der Waals surface area contributed by atoms with Crippen molar-refractivity contribution in [1.82, 2.24) is 77.1 Å². The third-order valence-corrected chi connectivity index (χ3v) is 25.8. The van der Waals surface area contributed by atoms with Crippen LogP contribution in [0.4, 0.5) is 40.8 Å². The van der Waals surface area contributed by atoms with Gasteiger partial charge in [-0.2, -0.15) is 0 Å². The Bertz CT molecular complexity index is 6420. The number of fused-ring (bicyclic) bond motifs is 4. The largest absolute Gasteiger partial charge is 0.490 e. The summed E-state index contributed by atoms with van der Waals surface area (Å²) in [7, 11) is 4.88. The number of nitrogens with zero attached hydrogens (tertiary/aromatic N) is 16. The van der Waals surface area contributed by atoms with E-state index in [9.17, 15) is 19.2 Å². The van der Waals surface area contributed by atoms with Crippen LogP contribution in [-0.4, -0.2) is 217 Å². The van der Waals surface area contributed by atoms with Crippen molar-refractivity contribution in [3.63, 3.8) is 0 Å². The summed E-state index contributed by atoms with van der Waals surface area (Å²) >= 11 is 12.7. The van der Waals surface area contributed by atoms with Gasteiger partial charge >= 0.3 is 0 Å². The third-order valence-electron chi connectivity index (χ3n) is 25.3. The fourth-order valence-corrected chi connectivity index (χ4v) is 19.1. The molecular formula is C99H124Cl2F4N20O11. The molecule has 7 atom stereocenters. The van der Waals surface area contributed by atoms with Crippen LogP contribution in [0.1, 0.15) is 268 Å². The summed E-state index contributed by atoms with van der Waals surface area (Å²) in [5.74, 6) is -0.234. The average molecular weight is 1920 g/mol. The fraction of sp³-hybridized carbons (Fsp3) is 0.475. The second kappa shape index (κ2) is 43.0. The van der Waals surface area contributed by atoms with E-state index >= 15 is 17.6 Å². The van der Waals surface area contributed by atoms with Crippen molar-refractivity contribution in [3.8, 4) is 23.0 Å². The van der Waals surface area contributed by atoms with Gasteiger partial charge in [0.15, 0.2) is 11.6 Å². The molecule has 4 aromatic carbocycles. The van der Waals surface area contributed by atoms with Crippen molar-refractivity contribution in [2.45, 2.75) is 229 Å². The van der Waals surface area contributed by atoms with E-state index in [2.05, 4.69) is 26.9 Å². The molecule has 12 aromatic rings. The van der Waals surface area contributed by atoms with Gasteiger partial charge in [-0.3, -0.25) is 36.8 Å². The van der Waals surface area contributed by atoms with Gasteiger partial charge < -0.3 is 75.7 Å². The molecule has 8 aromatic heterocycles. The number of aromatic nitrogens is 12. The summed E-state index contributed by atoms with van der Waals surface area (Å²) in [5.41, 5.74) is 32.3. The Morgan fingerprint density at radius 2 is 0.735 bits per heavy atom. The summed E-state index contributed by atoms with van der Waals surface area (Å²) in [6.07, 6.45) is 18.2. The van der Waals surface area contributed by atoms with E-state index in [1.807, 2.05) is 128 Å². The Hall–Kier alpha value is -12.2. The molecule has 4 aliphatic heterocycles. The predicted octanol–water partition coefficient (Wildman–Crippen LogP) is 17.3. The highest BCUT2D eigenvalue weighted by Gasteiger charge is 2.41. The van der Waals surface area contributed by atoms with Crippen molar-refractivity contribution in [1.29, 1.82) is 0 Å². The van der Waals surface area contributed by atoms with Crippen molar-refractivity contribution in [3.05, 3.63) is 210 Å². The molecule has 4 aliphatic rings. The number of imidazole rings is 4. The van der Waals surface area contributed by atoms with Crippen molar-refractivity contribution >= 4 is 92.2 Å². The monoisotopic (exact) mass is 1910 g/mol. The van der Waals surface area contributed by atoms with Crippen LogP contribution in [0.15, 0.2) is 86.0 Å². The molecule has 4 amide bonds. The van der Waals surface area contributed by atoms with Crippen molar-refractivity contribution in [2.75, 3.05) is 96.7 Å². The van der Waals surface area contributed by atoms with E-state index in [-0.39, 0.29) is 122 Å². The van der Waals surface area contributed by atoms with Gasteiger partial charge in [-0.05, 0) is 158 Å². The standard InChI is InChI=1S/C25H31ClFN5O3.C25H31ClFN5O2.C25H32FN5O3.C24H30FN5O3/c1-13(2)35-22-17(14(3)24-30-15(4)21-23(28)29-8-11-32(21)24)12-18(26)20(27)19(22)25(33)31-9-6-16(34-5)7-10-31;1-13(2)34-22-17(15(4)24-30-16(5)21-23(28)29-8-10-32(21)24)11-18(26)20(27)19(22)25(33)31-9-6-7-14(3)12-31;1-14(2)34-22-18(15(3)24-29-16(4)21-23(27)28-10-12-31(21)24)8-9-19(26)20(22)25(32)30-11-6-7-17(30)13-33-5;1-13(2)33-21-17(14(3)23-28-15(4)20-22(26)27-9-11-30(20)23)6-7-18(25)19(21)24(31)29-10-8-16(12-29)32-5/h8,11-14,16H,6-7,9-10H2,1-5H3,(H2,28,29);8,10-11,13-15H,6-7,9,12H2,1-5H3,(H2,28,29);8-10,12,14-15,17H,6-7,11,13H2,1-5H3,(H2,27,28);6-7,9,11,13-14,16H,8,10,12H2,1-5H3,(H2,26,27). The number of nitrogens with two attached hydrogens (primary N) is 4. The molecular weight excluding hydrogens is 1790 g/mol. The minimum absolute atomic E-state index is 0.0418. The molecule has 7 unspecified atom stereocenters. The van der Waals surface area contributed by atoms with Crippen LogP contribution >= 0.6 is 23.2 Å². The quantitative estimate of drug-likeness (QED) is 0.0408. The zero-order chi connectivity index (χ0) is 98.6. The number of aryl methyl sites for hydroxylation is 4. The van der Waals surface area contributed by atoms with E-state index in [0.717, 1.165) is 60.2 Å². The van der Waals surface area contributed by atoms with Crippen LogP contribution < -0.4 is 41.9 Å². The number of ether oxygens (including phenoxy) is 7. The average Bonchev–Trinajstić information content (AvgIpc) is 1.31. The highest BCUT2D eigenvalue weighted by Crippen LogP contribution is 2.46. The Balaban J connectivity index is 0.000000153. The first-order valence-electron chi connectivity index (χ1n) is 46.1. The second-order valence-electron chi connectivity index (χ2n) is 36.4. The number of carbonyl (C=O) groups excluding carboxylic acids is 4. The smallest absolute Gasteiger partial charge is 0.260 e. The van der Waals surface area contributed by atoms with Gasteiger partial charge in [-0.15, -0.1) is 0 Å². The number of rotatable bonds is 24. The lowest BCUT2D eigenvalue weighted by Gasteiger charge is -2.32. The number of hydrogen-bond acceptors (Lipinski definition) is 23. The van der Waals surface area contributed by atoms with E-state index in [4.69, 9.17) is 99.2 Å². The first-order chi connectivity index (χ1) is 64.7. The van der Waals surface area contributed by atoms with E-state index in [1.54, 1.807) is 103 Å². The number of anilines is 4. The molecule has 8 N–H and O–H groups in total. The van der Waals surface area contributed by atoms with Gasteiger partial charge in [0.1, 0.15) is 126 Å². The molecule has 16 rings (SSSR count). The minimum Gasteiger partial charge on any atom is -0.490 e. The number of nitrogen functional groups attached to an aromatic ring is 4. The first kappa shape index (κ1) is 101. The molecule has 12 heterocycles. The summed E-state index contributed by atoms with van der Waals surface area (Å²) in [6.45, 7) is 36.1. The molecule has 0 spiro atoms. The molecule has 0 saturated carbocycles. The van der Waals surface area contributed by atoms with Gasteiger partial charge in [0.05, 0.1) is 82.1 Å². The van der Waals surface area contributed by atoms with Crippen LogP contribution in [0.5, 0.6) is 23.0 Å². The van der Waals surface area contributed by atoms with Crippen molar-refractivity contribution < 1.29 is 69.9 Å². The number of halogens is 6. The summed E-state index contributed by atoms with van der Waals surface area (Å²) in [5, 5.41) is -0.262.